The molecule has 3 aromatic rings. The van der Waals surface area contributed by atoms with Gasteiger partial charge in [-0.3, -0.25) is 10.1 Å². The Labute approximate surface area is 155 Å². The Morgan fingerprint density at radius 3 is 2.50 bits per heavy atom. The SMILES string of the molecule is COc1ccc(OCc2nc(-c3ccc(C(F)(F)F)cc3)no2)c([N+](=O)[O-])c1. The smallest absolute Gasteiger partial charge is 0.416 e. The van der Waals surface area contributed by atoms with Gasteiger partial charge in [0.25, 0.3) is 5.89 Å². The van der Waals surface area contributed by atoms with Gasteiger partial charge < -0.3 is 14.0 Å². The van der Waals surface area contributed by atoms with Crippen LogP contribution in [0.1, 0.15) is 11.5 Å². The molecule has 0 aliphatic carbocycles. The van der Waals surface area contributed by atoms with Crippen LogP contribution in [0.3, 0.4) is 0 Å². The number of methoxy groups -OCH3 is 1. The van der Waals surface area contributed by atoms with E-state index in [-0.39, 0.29) is 29.8 Å². The van der Waals surface area contributed by atoms with Crippen molar-refractivity contribution >= 4 is 5.69 Å². The van der Waals surface area contributed by atoms with E-state index in [1.54, 1.807) is 0 Å². The second-order valence-corrected chi connectivity index (χ2v) is 5.47. The average molecular weight is 395 g/mol. The summed E-state index contributed by atoms with van der Waals surface area (Å²) >= 11 is 0. The normalized spacial score (nSPS) is 11.3. The van der Waals surface area contributed by atoms with Gasteiger partial charge in [-0.15, -0.1) is 0 Å². The fraction of sp³-hybridized carbons (Fsp3) is 0.176. The predicted octanol–water partition coefficient (Wildman–Crippen LogP) is 4.25. The lowest BCUT2D eigenvalue weighted by molar-refractivity contribution is -0.386. The van der Waals surface area contributed by atoms with Crippen molar-refractivity contribution in [1.82, 2.24) is 10.1 Å². The molecule has 0 unspecified atom stereocenters. The summed E-state index contributed by atoms with van der Waals surface area (Å²) < 4.78 is 53.1. The van der Waals surface area contributed by atoms with E-state index in [1.165, 1.54) is 37.4 Å². The number of rotatable bonds is 6. The molecule has 8 nitrogen and oxygen atoms in total. The summed E-state index contributed by atoms with van der Waals surface area (Å²) in [6.07, 6.45) is -4.44. The molecule has 11 heteroatoms. The molecule has 0 spiro atoms. The zero-order valence-corrected chi connectivity index (χ0v) is 14.3. The number of hydrogen-bond acceptors (Lipinski definition) is 7. The number of nitrogens with zero attached hydrogens (tertiary/aromatic N) is 3. The molecule has 28 heavy (non-hydrogen) atoms. The standard InChI is InChI=1S/C17H12F3N3O5/c1-26-12-6-7-14(13(8-12)23(24)25)27-9-15-21-16(22-28-15)10-2-4-11(5-3-10)17(18,19)20/h2-8H,9H2,1H3. The van der Waals surface area contributed by atoms with Gasteiger partial charge in [0.05, 0.1) is 23.7 Å². The van der Waals surface area contributed by atoms with Crippen molar-refractivity contribution in [2.45, 2.75) is 12.8 Å². The Balaban J connectivity index is 1.73. The third-order valence-corrected chi connectivity index (χ3v) is 3.65. The van der Waals surface area contributed by atoms with Crippen molar-refractivity contribution < 1.29 is 32.1 Å². The van der Waals surface area contributed by atoms with Crippen LogP contribution in [0.5, 0.6) is 11.5 Å². The summed E-state index contributed by atoms with van der Waals surface area (Å²) in [6.45, 7) is -0.263. The molecule has 0 fully saturated rings. The Morgan fingerprint density at radius 2 is 1.89 bits per heavy atom. The minimum atomic E-state index is -4.44. The zero-order valence-electron chi connectivity index (χ0n) is 14.3. The van der Waals surface area contributed by atoms with Crippen LogP contribution in [0.25, 0.3) is 11.4 Å². The molecule has 0 amide bonds. The van der Waals surface area contributed by atoms with E-state index in [0.717, 1.165) is 12.1 Å². The Kier molecular flexibility index (Phi) is 5.16. The number of halogens is 3. The molecule has 3 rings (SSSR count). The average Bonchev–Trinajstić information content (AvgIpc) is 3.14. The summed E-state index contributed by atoms with van der Waals surface area (Å²) in [4.78, 5) is 14.5. The van der Waals surface area contributed by atoms with Crippen molar-refractivity contribution in [3.05, 3.63) is 64.0 Å². The topological polar surface area (TPSA) is 101 Å². The van der Waals surface area contributed by atoms with Crippen LogP contribution in [-0.4, -0.2) is 22.2 Å². The summed E-state index contributed by atoms with van der Waals surface area (Å²) in [6, 6.07) is 8.30. The van der Waals surface area contributed by atoms with Gasteiger partial charge in [-0.2, -0.15) is 18.2 Å². The molecule has 1 aromatic heterocycles. The Bertz CT molecular complexity index is 986. The first kappa shape index (κ1) is 19.1. The third-order valence-electron chi connectivity index (χ3n) is 3.65. The lowest BCUT2D eigenvalue weighted by Crippen LogP contribution is -2.04. The van der Waals surface area contributed by atoms with Crippen LogP contribution < -0.4 is 9.47 Å². The van der Waals surface area contributed by atoms with E-state index in [4.69, 9.17) is 14.0 Å². The van der Waals surface area contributed by atoms with Gasteiger partial charge in [-0.1, -0.05) is 17.3 Å². The van der Waals surface area contributed by atoms with Gasteiger partial charge >= 0.3 is 11.9 Å². The molecule has 0 aliphatic rings. The van der Waals surface area contributed by atoms with Crippen LogP contribution in [0.4, 0.5) is 18.9 Å². The monoisotopic (exact) mass is 395 g/mol. The minimum Gasteiger partial charge on any atom is -0.496 e. The van der Waals surface area contributed by atoms with Crippen LogP contribution in [0.15, 0.2) is 47.0 Å². The number of hydrogen-bond donors (Lipinski definition) is 0. The first-order valence-corrected chi connectivity index (χ1v) is 7.73. The van der Waals surface area contributed by atoms with E-state index in [9.17, 15) is 23.3 Å². The lowest BCUT2D eigenvalue weighted by atomic mass is 10.1. The number of benzene rings is 2. The quantitative estimate of drug-likeness (QED) is 0.454. The second-order valence-electron chi connectivity index (χ2n) is 5.47. The second kappa shape index (κ2) is 7.55. The molecule has 146 valence electrons. The van der Waals surface area contributed by atoms with Gasteiger partial charge in [-0.05, 0) is 24.3 Å². The maximum atomic E-state index is 12.6. The molecule has 0 N–H and O–H groups in total. The molecule has 0 bridgehead atoms. The minimum absolute atomic E-state index is 0.0000129. The number of aromatic nitrogens is 2. The van der Waals surface area contributed by atoms with E-state index in [2.05, 4.69) is 10.1 Å². The Morgan fingerprint density at radius 1 is 1.18 bits per heavy atom. The summed E-state index contributed by atoms with van der Waals surface area (Å²) in [7, 11) is 1.38. The fourth-order valence-electron chi connectivity index (χ4n) is 2.27. The van der Waals surface area contributed by atoms with Crippen molar-refractivity contribution in [3.8, 4) is 22.9 Å². The fourth-order valence-corrected chi connectivity index (χ4v) is 2.27. The predicted molar refractivity (Wildman–Crippen MR) is 88.7 cm³/mol. The summed E-state index contributed by atoms with van der Waals surface area (Å²) in [5.74, 6) is 0.332. The molecular formula is C17H12F3N3O5. The molecule has 0 saturated heterocycles. The number of ether oxygens (including phenoxy) is 2. The van der Waals surface area contributed by atoms with Gasteiger partial charge in [0.1, 0.15) is 5.75 Å². The molecule has 0 radical (unpaired) electrons. The van der Waals surface area contributed by atoms with Gasteiger partial charge in [0.15, 0.2) is 12.4 Å². The molecule has 2 aromatic carbocycles. The van der Waals surface area contributed by atoms with Crippen LogP contribution in [0.2, 0.25) is 0 Å². The van der Waals surface area contributed by atoms with E-state index in [1.807, 2.05) is 0 Å². The van der Waals surface area contributed by atoms with Crippen molar-refractivity contribution in [2.75, 3.05) is 7.11 Å². The Hall–Kier alpha value is -3.63. The first-order chi connectivity index (χ1) is 13.3. The highest BCUT2D eigenvalue weighted by atomic mass is 19.4. The van der Waals surface area contributed by atoms with E-state index >= 15 is 0 Å². The van der Waals surface area contributed by atoms with Gasteiger partial charge in [0.2, 0.25) is 5.82 Å². The van der Waals surface area contributed by atoms with Crippen LogP contribution >= 0.6 is 0 Å². The largest absolute Gasteiger partial charge is 0.496 e. The van der Waals surface area contributed by atoms with E-state index < -0.39 is 16.7 Å². The molecule has 0 aliphatic heterocycles. The van der Waals surface area contributed by atoms with E-state index in [0.29, 0.717) is 11.3 Å². The van der Waals surface area contributed by atoms with Crippen molar-refractivity contribution in [2.24, 2.45) is 0 Å². The highest BCUT2D eigenvalue weighted by Gasteiger charge is 2.30. The zero-order chi connectivity index (χ0) is 20.3. The van der Waals surface area contributed by atoms with Crippen molar-refractivity contribution in [3.63, 3.8) is 0 Å². The molecular weight excluding hydrogens is 383 g/mol. The molecule has 0 atom stereocenters. The van der Waals surface area contributed by atoms with Crippen LogP contribution in [0, 0.1) is 10.1 Å². The maximum Gasteiger partial charge on any atom is 0.416 e. The highest BCUT2D eigenvalue weighted by Crippen LogP contribution is 2.32. The van der Waals surface area contributed by atoms with Crippen molar-refractivity contribution in [1.29, 1.82) is 0 Å². The number of alkyl halides is 3. The number of nitro benzene ring substituents is 1. The summed E-state index contributed by atoms with van der Waals surface area (Å²) in [5, 5.41) is 14.8. The van der Waals surface area contributed by atoms with Gasteiger partial charge in [0, 0.05) is 5.56 Å². The highest BCUT2D eigenvalue weighted by molar-refractivity contribution is 5.55. The third kappa shape index (κ3) is 4.19. The lowest BCUT2D eigenvalue weighted by Gasteiger charge is -2.06. The molecule has 1 heterocycles. The first-order valence-electron chi connectivity index (χ1n) is 7.73. The number of nitro groups is 1. The van der Waals surface area contributed by atoms with Crippen LogP contribution in [-0.2, 0) is 12.8 Å². The molecule has 0 saturated carbocycles. The van der Waals surface area contributed by atoms with Gasteiger partial charge in [-0.25, -0.2) is 0 Å². The maximum absolute atomic E-state index is 12.6. The summed E-state index contributed by atoms with van der Waals surface area (Å²) in [5.41, 5.74) is -0.782.